The number of imidazole rings is 1. The quantitative estimate of drug-likeness (QED) is 0.293. The zero-order valence-corrected chi connectivity index (χ0v) is 17.4. The molecule has 0 atom stereocenters. The predicted octanol–water partition coefficient (Wildman–Crippen LogP) is 4.78. The summed E-state index contributed by atoms with van der Waals surface area (Å²) in [5.41, 5.74) is 0.297. The number of alkyl halides is 3. The van der Waals surface area contributed by atoms with Crippen molar-refractivity contribution in [3.8, 4) is 28.8 Å². The minimum atomic E-state index is -4.58. The Morgan fingerprint density at radius 3 is 2.69 bits per heavy atom. The molecule has 5 rings (SSSR count). The van der Waals surface area contributed by atoms with E-state index >= 15 is 0 Å². The van der Waals surface area contributed by atoms with E-state index in [-0.39, 0.29) is 34.8 Å². The summed E-state index contributed by atoms with van der Waals surface area (Å²) < 4.78 is 73.2. The van der Waals surface area contributed by atoms with Gasteiger partial charge < -0.3 is 9.51 Å². The Morgan fingerprint density at radius 1 is 1.09 bits per heavy atom. The van der Waals surface area contributed by atoms with Gasteiger partial charge in [0.2, 0.25) is 12.7 Å². The molecule has 0 aliphatic carbocycles. The zero-order chi connectivity index (χ0) is 24.7. The van der Waals surface area contributed by atoms with Crippen LogP contribution >= 0.6 is 0 Å². The lowest BCUT2D eigenvalue weighted by atomic mass is 10.0. The standard InChI is InChI=1S/C23H11F5N6O/c24-17-3-1-2-16(21(17)25)22-31-18-9-30-34(11-19(18)32-22)10-14-7-20(35-33-14)15-5-4-13(23(26,27)28)6-12(15)8-29/h1-7,9,11H,10H2/p+1. The predicted molar refractivity (Wildman–Crippen MR) is 110 cm³/mol. The van der Waals surface area contributed by atoms with Crippen LogP contribution in [0.2, 0.25) is 0 Å². The molecule has 0 saturated heterocycles. The van der Waals surface area contributed by atoms with Crippen LogP contribution < -0.4 is 4.68 Å². The Kier molecular flexibility index (Phi) is 5.24. The number of nitrogens with zero attached hydrogens (tertiary/aromatic N) is 5. The van der Waals surface area contributed by atoms with E-state index in [1.165, 1.54) is 29.1 Å². The van der Waals surface area contributed by atoms with Crippen LogP contribution in [-0.4, -0.2) is 20.2 Å². The molecular weight excluding hydrogens is 471 g/mol. The summed E-state index contributed by atoms with van der Waals surface area (Å²) in [5, 5.41) is 17.4. The summed E-state index contributed by atoms with van der Waals surface area (Å²) in [6.07, 6.45) is -1.57. The number of hydrogen-bond acceptors (Lipinski definition) is 5. The minimum absolute atomic E-state index is 0.0290. The topological polar surface area (TPSA) is 95.3 Å². The lowest BCUT2D eigenvalue weighted by Crippen LogP contribution is -2.38. The number of hydrogen-bond donors (Lipinski definition) is 1. The molecule has 12 heteroatoms. The molecule has 0 unspecified atom stereocenters. The van der Waals surface area contributed by atoms with Crippen LogP contribution in [0.3, 0.4) is 0 Å². The molecule has 0 saturated carbocycles. The van der Waals surface area contributed by atoms with E-state index in [1.807, 2.05) is 0 Å². The fraction of sp³-hybridized carbons (Fsp3) is 0.0870. The largest absolute Gasteiger partial charge is 0.416 e. The van der Waals surface area contributed by atoms with E-state index in [0.717, 1.165) is 24.3 Å². The molecule has 174 valence electrons. The van der Waals surface area contributed by atoms with Gasteiger partial charge in [0.1, 0.15) is 23.1 Å². The fourth-order valence-electron chi connectivity index (χ4n) is 3.52. The van der Waals surface area contributed by atoms with E-state index in [1.54, 1.807) is 12.3 Å². The van der Waals surface area contributed by atoms with Gasteiger partial charge in [-0.3, -0.25) is 0 Å². The minimum Gasteiger partial charge on any atom is -0.356 e. The average Bonchev–Trinajstić information content (AvgIpc) is 3.46. The second kappa shape index (κ2) is 8.28. The molecule has 7 nitrogen and oxygen atoms in total. The molecule has 0 radical (unpaired) electrons. The number of nitriles is 1. The Labute approximate surface area is 193 Å². The second-order valence-corrected chi connectivity index (χ2v) is 7.51. The van der Waals surface area contributed by atoms with Crippen molar-refractivity contribution in [2.75, 3.05) is 0 Å². The molecule has 0 bridgehead atoms. The van der Waals surface area contributed by atoms with E-state index in [0.29, 0.717) is 16.7 Å². The Bertz CT molecular complexity index is 1620. The molecule has 0 aliphatic heterocycles. The maximum absolute atomic E-state index is 14.1. The van der Waals surface area contributed by atoms with Crippen LogP contribution in [0.25, 0.3) is 33.7 Å². The third-order valence-corrected chi connectivity index (χ3v) is 5.19. The van der Waals surface area contributed by atoms with Crippen LogP contribution in [-0.2, 0) is 12.7 Å². The van der Waals surface area contributed by atoms with Crippen molar-refractivity contribution >= 4 is 11.0 Å². The number of fused-ring (bicyclic) bond motifs is 1. The summed E-state index contributed by atoms with van der Waals surface area (Å²) in [6.45, 7) is 0.116. The highest BCUT2D eigenvalue weighted by molar-refractivity contribution is 5.77. The molecule has 3 heterocycles. The average molecular weight is 483 g/mol. The maximum Gasteiger partial charge on any atom is 0.416 e. The van der Waals surface area contributed by atoms with Gasteiger partial charge in [0.15, 0.2) is 23.1 Å². The lowest BCUT2D eigenvalue weighted by Gasteiger charge is -2.08. The number of rotatable bonds is 4. The number of aromatic amines is 1. The summed E-state index contributed by atoms with van der Waals surface area (Å²) >= 11 is 0. The van der Waals surface area contributed by atoms with Gasteiger partial charge in [-0.15, -0.1) is 0 Å². The van der Waals surface area contributed by atoms with Gasteiger partial charge in [0.25, 0.3) is 0 Å². The first kappa shape index (κ1) is 22.1. The van der Waals surface area contributed by atoms with E-state index in [9.17, 15) is 27.2 Å². The van der Waals surface area contributed by atoms with Crippen LogP contribution in [0.1, 0.15) is 16.8 Å². The molecular formula is C23H12F5N6O+. The summed E-state index contributed by atoms with van der Waals surface area (Å²) in [7, 11) is 0. The number of aromatic nitrogens is 5. The Hall–Kier alpha value is -4.66. The molecule has 2 aromatic carbocycles. The number of halogens is 5. The molecule has 5 aromatic rings. The van der Waals surface area contributed by atoms with Crippen molar-refractivity contribution in [1.82, 2.24) is 20.2 Å². The van der Waals surface area contributed by atoms with Gasteiger partial charge in [-0.2, -0.15) is 18.4 Å². The van der Waals surface area contributed by atoms with Gasteiger partial charge in [0.05, 0.1) is 22.8 Å². The van der Waals surface area contributed by atoms with E-state index in [4.69, 9.17) is 4.52 Å². The van der Waals surface area contributed by atoms with Gasteiger partial charge in [0, 0.05) is 11.6 Å². The fourth-order valence-corrected chi connectivity index (χ4v) is 3.52. The first-order valence-corrected chi connectivity index (χ1v) is 10.00. The smallest absolute Gasteiger partial charge is 0.356 e. The van der Waals surface area contributed by atoms with Crippen LogP contribution in [0.5, 0.6) is 0 Å². The summed E-state index contributed by atoms with van der Waals surface area (Å²) in [6, 6.07) is 9.77. The molecule has 3 aromatic heterocycles. The third kappa shape index (κ3) is 4.19. The van der Waals surface area contributed by atoms with Gasteiger partial charge in [-0.1, -0.05) is 15.9 Å². The lowest BCUT2D eigenvalue weighted by molar-refractivity contribution is -0.745. The SMILES string of the molecule is N#Cc1cc(C(F)(F)F)ccc1-c1cc(C[n+]2cc3[nH]c(-c4cccc(F)c4F)nc3cn2)no1. The van der Waals surface area contributed by atoms with E-state index < -0.39 is 23.4 Å². The monoisotopic (exact) mass is 483 g/mol. The Balaban J connectivity index is 1.41. The normalized spacial score (nSPS) is 11.7. The van der Waals surface area contributed by atoms with Crippen LogP contribution in [0.15, 0.2) is 59.4 Å². The molecule has 0 amide bonds. The van der Waals surface area contributed by atoms with Crippen LogP contribution in [0.4, 0.5) is 22.0 Å². The van der Waals surface area contributed by atoms with E-state index in [2.05, 4.69) is 20.2 Å². The molecule has 0 aliphatic rings. The molecule has 35 heavy (non-hydrogen) atoms. The highest BCUT2D eigenvalue weighted by Gasteiger charge is 2.31. The summed E-state index contributed by atoms with van der Waals surface area (Å²) in [5.74, 6) is -1.77. The molecule has 0 fully saturated rings. The first-order valence-electron chi connectivity index (χ1n) is 10.00. The maximum atomic E-state index is 14.1. The Morgan fingerprint density at radius 2 is 1.91 bits per heavy atom. The van der Waals surface area contributed by atoms with Gasteiger partial charge in [-0.25, -0.2) is 13.8 Å². The number of nitrogens with one attached hydrogen (secondary N) is 1. The zero-order valence-electron chi connectivity index (χ0n) is 17.4. The number of benzene rings is 2. The van der Waals surface area contributed by atoms with Gasteiger partial charge in [-0.05, 0) is 35.4 Å². The van der Waals surface area contributed by atoms with Crippen LogP contribution in [0, 0.1) is 23.0 Å². The van der Waals surface area contributed by atoms with Crippen molar-refractivity contribution in [2.24, 2.45) is 0 Å². The third-order valence-electron chi connectivity index (χ3n) is 5.19. The van der Waals surface area contributed by atoms with Crippen molar-refractivity contribution in [3.05, 3.63) is 83.3 Å². The first-order chi connectivity index (χ1) is 16.7. The molecule has 0 spiro atoms. The van der Waals surface area contributed by atoms with Crippen molar-refractivity contribution in [1.29, 1.82) is 5.26 Å². The summed E-state index contributed by atoms with van der Waals surface area (Å²) in [4.78, 5) is 7.16. The second-order valence-electron chi connectivity index (χ2n) is 7.51. The van der Waals surface area contributed by atoms with Crippen molar-refractivity contribution in [2.45, 2.75) is 12.7 Å². The number of H-pyrrole nitrogens is 1. The van der Waals surface area contributed by atoms with Gasteiger partial charge >= 0.3 is 6.18 Å². The highest BCUT2D eigenvalue weighted by atomic mass is 19.4. The highest BCUT2D eigenvalue weighted by Crippen LogP contribution is 2.33. The molecule has 1 N–H and O–H groups in total. The van der Waals surface area contributed by atoms with Crippen molar-refractivity contribution in [3.63, 3.8) is 0 Å². The van der Waals surface area contributed by atoms with Crippen molar-refractivity contribution < 1.29 is 31.2 Å².